The van der Waals surface area contributed by atoms with Crippen LogP contribution in [0.5, 0.6) is 0 Å². The Balaban J connectivity index is 0.00000192. The SMILES string of the molecule is Cc1ccc(-c2cccc(/C=C3\SC(=O)N(C)C3=O)c2)cc1.[HH]. The van der Waals surface area contributed by atoms with Crippen molar-refractivity contribution in [2.24, 2.45) is 0 Å². The van der Waals surface area contributed by atoms with Gasteiger partial charge in [-0.05, 0) is 47.5 Å². The minimum Gasteiger partial charge on any atom is -0.272 e. The van der Waals surface area contributed by atoms with Crippen molar-refractivity contribution in [3.8, 4) is 11.1 Å². The van der Waals surface area contributed by atoms with Crippen LogP contribution >= 0.6 is 11.8 Å². The highest BCUT2D eigenvalue weighted by Crippen LogP contribution is 2.31. The third kappa shape index (κ3) is 2.83. The monoisotopic (exact) mass is 311 g/mol. The van der Waals surface area contributed by atoms with Gasteiger partial charge in [0.15, 0.2) is 0 Å². The van der Waals surface area contributed by atoms with Crippen molar-refractivity contribution >= 4 is 29.0 Å². The van der Waals surface area contributed by atoms with Crippen molar-refractivity contribution in [1.82, 2.24) is 4.90 Å². The predicted octanol–water partition coefficient (Wildman–Crippen LogP) is 4.57. The fraction of sp³-hybridized carbons (Fsp3) is 0.111. The number of carbonyl (C=O) groups excluding carboxylic acids is 2. The molecule has 0 aromatic heterocycles. The second-order valence-electron chi connectivity index (χ2n) is 5.23. The lowest BCUT2D eigenvalue weighted by molar-refractivity contribution is -0.121. The van der Waals surface area contributed by atoms with Crippen LogP contribution in [0, 0.1) is 6.92 Å². The second-order valence-corrected chi connectivity index (χ2v) is 6.23. The van der Waals surface area contributed by atoms with Crippen molar-refractivity contribution in [3.05, 3.63) is 64.6 Å². The van der Waals surface area contributed by atoms with E-state index in [0.29, 0.717) is 4.91 Å². The summed E-state index contributed by atoms with van der Waals surface area (Å²) in [6.45, 7) is 2.06. The van der Waals surface area contributed by atoms with Gasteiger partial charge in [-0.2, -0.15) is 0 Å². The van der Waals surface area contributed by atoms with E-state index in [1.807, 2.05) is 24.3 Å². The van der Waals surface area contributed by atoms with Crippen molar-refractivity contribution in [3.63, 3.8) is 0 Å². The third-order valence-corrected chi connectivity index (χ3v) is 4.52. The van der Waals surface area contributed by atoms with Crippen LogP contribution in [0.4, 0.5) is 4.79 Å². The second kappa shape index (κ2) is 5.81. The molecule has 2 aromatic carbocycles. The normalized spacial score (nSPS) is 16.6. The van der Waals surface area contributed by atoms with Crippen LogP contribution in [-0.4, -0.2) is 23.1 Å². The van der Waals surface area contributed by atoms with E-state index in [0.717, 1.165) is 33.4 Å². The van der Waals surface area contributed by atoms with E-state index >= 15 is 0 Å². The molecule has 0 aliphatic carbocycles. The van der Waals surface area contributed by atoms with Gasteiger partial charge in [0.25, 0.3) is 11.1 Å². The van der Waals surface area contributed by atoms with Gasteiger partial charge in [-0.1, -0.05) is 48.0 Å². The lowest BCUT2D eigenvalue weighted by atomic mass is 10.0. The zero-order valence-corrected chi connectivity index (χ0v) is 13.2. The summed E-state index contributed by atoms with van der Waals surface area (Å²) in [6, 6.07) is 16.2. The Labute approximate surface area is 135 Å². The van der Waals surface area contributed by atoms with Gasteiger partial charge in [0.2, 0.25) is 0 Å². The van der Waals surface area contributed by atoms with Crippen LogP contribution in [0.2, 0.25) is 0 Å². The number of rotatable bonds is 2. The van der Waals surface area contributed by atoms with E-state index in [-0.39, 0.29) is 12.6 Å². The lowest BCUT2D eigenvalue weighted by Gasteiger charge is -2.04. The molecule has 112 valence electrons. The third-order valence-electron chi connectivity index (χ3n) is 3.56. The highest BCUT2D eigenvalue weighted by atomic mass is 32.2. The number of nitrogens with zero attached hydrogens (tertiary/aromatic N) is 1. The highest BCUT2D eigenvalue weighted by molar-refractivity contribution is 8.18. The van der Waals surface area contributed by atoms with Crippen molar-refractivity contribution in [2.75, 3.05) is 7.05 Å². The lowest BCUT2D eigenvalue weighted by Crippen LogP contribution is -2.22. The van der Waals surface area contributed by atoms with Gasteiger partial charge >= 0.3 is 0 Å². The van der Waals surface area contributed by atoms with Crippen LogP contribution in [0.1, 0.15) is 12.6 Å². The molecular formula is C18H17NO2S. The summed E-state index contributed by atoms with van der Waals surface area (Å²) in [6.07, 6.45) is 1.77. The van der Waals surface area contributed by atoms with Gasteiger partial charge in [0.05, 0.1) is 4.91 Å². The maximum absolute atomic E-state index is 11.9. The van der Waals surface area contributed by atoms with Crippen LogP contribution in [0.25, 0.3) is 17.2 Å². The molecule has 1 aliphatic rings. The Kier molecular flexibility index (Phi) is 3.86. The number of thioether (sulfide) groups is 1. The maximum atomic E-state index is 11.9. The Morgan fingerprint density at radius 3 is 2.41 bits per heavy atom. The van der Waals surface area contributed by atoms with Crippen molar-refractivity contribution < 1.29 is 11.0 Å². The van der Waals surface area contributed by atoms with Gasteiger partial charge in [-0.15, -0.1) is 0 Å². The van der Waals surface area contributed by atoms with Crippen LogP contribution < -0.4 is 0 Å². The quantitative estimate of drug-likeness (QED) is 0.762. The Morgan fingerprint density at radius 1 is 1.05 bits per heavy atom. The molecule has 0 saturated carbocycles. The van der Waals surface area contributed by atoms with Crippen LogP contribution in [-0.2, 0) is 4.79 Å². The first-order valence-electron chi connectivity index (χ1n) is 6.93. The molecular weight excluding hydrogens is 294 g/mol. The number of aryl methyl sites for hydroxylation is 1. The van der Waals surface area contributed by atoms with E-state index in [4.69, 9.17) is 0 Å². The van der Waals surface area contributed by atoms with Crippen LogP contribution in [0.15, 0.2) is 53.4 Å². The Hall–Kier alpha value is -2.33. The first-order valence-corrected chi connectivity index (χ1v) is 7.75. The number of hydrogen-bond donors (Lipinski definition) is 0. The van der Waals surface area contributed by atoms with E-state index in [9.17, 15) is 9.59 Å². The predicted molar refractivity (Wildman–Crippen MR) is 92.5 cm³/mol. The molecule has 1 aliphatic heterocycles. The molecule has 1 saturated heterocycles. The number of benzene rings is 2. The van der Waals surface area contributed by atoms with E-state index in [1.54, 1.807) is 6.08 Å². The number of imide groups is 1. The van der Waals surface area contributed by atoms with Gasteiger partial charge < -0.3 is 0 Å². The van der Waals surface area contributed by atoms with Crippen molar-refractivity contribution in [2.45, 2.75) is 6.92 Å². The number of carbonyl (C=O) groups is 2. The molecule has 2 aromatic rings. The average Bonchev–Trinajstić information content (AvgIpc) is 2.76. The standard InChI is InChI=1S/C18H15NO2S.H2/c1-12-6-8-14(9-7-12)15-5-3-4-13(10-15)11-16-17(20)19(2)18(21)22-16;/h3-11H,1-2H3;1H/b16-11-;. The topological polar surface area (TPSA) is 37.4 Å². The van der Waals surface area contributed by atoms with Gasteiger partial charge in [-0.3, -0.25) is 14.5 Å². The molecule has 0 N–H and O–H groups in total. The first kappa shape index (κ1) is 14.6. The smallest absolute Gasteiger partial charge is 0.272 e. The summed E-state index contributed by atoms with van der Waals surface area (Å²) in [4.78, 5) is 25.1. The highest BCUT2D eigenvalue weighted by Gasteiger charge is 2.31. The largest absolute Gasteiger partial charge is 0.293 e. The van der Waals surface area contributed by atoms with Crippen molar-refractivity contribution in [1.29, 1.82) is 0 Å². The molecule has 0 spiro atoms. The Morgan fingerprint density at radius 2 is 1.77 bits per heavy atom. The summed E-state index contributed by atoms with van der Waals surface area (Å²) in [5, 5.41) is -0.231. The van der Waals surface area contributed by atoms with E-state index < -0.39 is 0 Å². The minimum absolute atomic E-state index is 0. The Bertz CT molecular complexity index is 784. The molecule has 3 rings (SSSR count). The zero-order chi connectivity index (χ0) is 15.7. The zero-order valence-electron chi connectivity index (χ0n) is 12.4. The van der Waals surface area contributed by atoms with Gasteiger partial charge in [0.1, 0.15) is 0 Å². The molecule has 1 fully saturated rings. The summed E-state index contributed by atoms with van der Waals surface area (Å²) < 4.78 is 0. The molecule has 0 radical (unpaired) electrons. The van der Waals surface area contributed by atoms with E-state index in [1.165, 1.54) is 12.6 Å². The first-order chi connectivity index (χ1) is 10.5. The fourth-order valence-corrected chi connectivity index (χ4v) is 3.08. The summed E-state index contributed by atoms with van der Waals surface area (Å²) >= 11 is 0.979. The minimum atomic E-state index is -0.240. The molecule has 3 nitrogen and oxygen atoms in total. The van der Waals surface area contributed by atoms with Gasteiger partial charge in [-0.25, -0.2) is 0 Å². The molecule has 0 bridgehead atoms. The average molecular weight is 311 g/mol. The van der Waals surface area contributed by atoms with E-state index in [2.05, 4.69) is 31.2 Å². The number of hydrogen-bond acceptors (Lipinski definition) is 3. The summed E-state index contributed by atoms with van der Waals surface area (Å²) in [7, 11) is 1.50. The fourth-order valence-electron chi connectivity index (χ4n) is 2.25. The summed E-state index contributed by atoms with van der Waals surface area (Å²) in [5.41, 5.74) is 4.35. The van der Waals surface area contributed by atoms with Crippen LogP contribution in [0.3, 0.4) is 0 Å². The molecule has 0 atom stereocenters. The summed E-state index contributed by atoms with van der Waals surface area (Å²) in [5.74, 6) is -0.240. The molecule has 1 heterocycles. The maximum Gasteiger partial charge on any atom is 0.293 e. The number of likely N-dealkylation sites (N-methyl/N-ethyl adjacent to an activating group) is 1. The molecule has 4 heteroatoms. The molecule has 2 amide bonds. The van der Waals surface area contributed by atoms with Gasteiger partial charge in [0, 0.05) is 8.47 Å². The molecule has 0 unspecified atom stereocenters. The number of amides is 2. The molecule has 22 heavy (non-hydrogen) atoms.